The zero-order valence-electron chi connectivity index (χ0n) is 25.2. The fourth-order valence-electron chi connectivity index (χ4n) is 7.04. The first-order valence-corrected chi connectivity index (χ1v) is 15.8. The molecule has 0 atom stereocenters. The number of rotatable bonds is 3. The molecule has 0 spiro atoms. The van der Waals surface area contributed by atoms with Gasteiger partial charge in [0.15, 0.2) is 11.4 Å². The molecule has 47 heavy (non-hydrogen) atoms. The van der Waals surface area contributed by atoms with Crippen LogP contribution in [0.25, 0.3) is 72.4 Å². The lowest BCUT2D eigenvalue weighted by atomic mass is 10.0. The Bertz CT molecular complexity index is 2650. The molecule has 0 N–H and O–H groups in total. The van der Waals surface area contributed by atoms with Crippen molar-refractivity contribution in [3.63, 3.8) is 0 Å². The summed E-state index contributed by atoms with van der Waals surface area (Å²) in [7, 11) is 0. The van der Waals surface area contributed by atoms with E-state index in [-0.39, 0.29) is 0 Å². The first kappa shape index (κ1) is 25.8. The highest BCUT2D eigenvalue weighted by atomic mass is 16.3. The summed E-state index contributed by atoms with van der Waals surface area (Å²) >= 11 is 0. The van der Waals surface area contributed by atoms with Gasteiger partial charge in [0.1, 0.15) is 22.6 Å². The van der Waals surface area contributed by atoms with Crippen LogP contribution in [0.15, 0.2) is 162 Å². The number of furan rings is 1. The molecule has 5 nitrogen and oxygen atoms in total. The Morgan fingerprint density at radius 3 is 2.13 bits per heavy atom. The van der Waals surface area contributed by atoms with E-state index < -0.39 is 0 Å². The van der Waals surface area contributed by atoms with E-state index >= 15 is 0 Å². The van der Waals surface area contributed by atoms with Gasteiger partial charge in [-0.3, -0.25) is 9.47 Å². The Balaban J connectivity index is 1.23. The molecule has 0 amide bonds. The molecule has 0 aliphatic carbocycles. The second kappa shape index (κ2) is 10.0. The van der Waals surface area contributed by atoms with Crippen LogP contribution in [0.3, 0.4) is 0 Å². The summed E-state index contributed by atoms with van der Waals surface area (Å²) in [5.74, 6) is 1.72. The summed E-state index contributed by atoms with van der Waals surface area (Å²) in [5.41, 5.74) is 11.8. The largest absolute Gasteiger partial charge is 0.452 e. The van der Waals surface area contributed by atoms with Gasteiger partial charge in [-0.15, -0.1) is 0 Å². The van der Waals surface area contributed by atoms with Crippen molar-refractivity contribution >= 4 is 50.2 Å². The molecular weight excluding hydrogens is 576 g/mol. The van der Waals surface area contributed by atoms with Crippen LogP contribution in [0.5, 0.6) is 0 Å². The van der Waals surface area contributed by atoms with Crippen LogP contribution in [0.4, 0.5) is 17.2 Å². The number of benzene rings is 6. The number of fused-ring (bicyclic) bond motifs is 10. The van der Waals surface area contributed by atoms with Crippen molar-refractivity contribution in [1.82, 2.24) is 14.5 Å². The normalized spacial score (nSPS) is 12.2. The van der Waals surface area contributed by atoms with Crippen molar-refractivity contribution in [3.05, 3.63) is 158 Å². The maximum Gasteiger partial charge on any atom is 0.180 e. The number of aromatic nitrogens is 3. The van der Waals surface area contributed by atoms with Crippen molar-refractivity contribution in [3.8, 4) is 39.5 Å². The van der Waals surface area contributed by atoms with E-state index in [0.717, 1.165) is 61.7 Å². The SMILES string of the molecule is c1ccc(-c2nc(-c3cccc(N4c5ccccc5-c5ccccc5-n5c4cc4ccccc45)c3)nc3c2oc2ccccc23)cc1. The van der Waals surface area contributed by atoms with Gasteiger partial charge in [-0.05, 0) is 48.5 Å². The van der Waals surface area contributed by atoms with Crippen molar-refractivity contribution in [2.24, 2.45) is 0 Å². The first-order chi connectivity index (χ1) is 23.3. The van der Waals surface area contributed by atoms with E-state index in [1.54, 1.807) is 0 Å². The molecule has 0 bridgehead atoms. The Morgan fingerprint density at radius 2 is 1.23 bits per heavy atom. The molecule has 0 saturated carbocycles. The summed E-state index contributed by atoms with van der Waals surface area (Å²) in [5, 5.41) is 2.16. The second-order valence-electron chi connectivity index (χ2n) is 11.9. The smallest absolute Gasteiger partial charge is 0.180 e. The van der Waals surface area contributed by atoms with E-state index in [9.17, 15) is 0 Å². The molecule has 220 valence electrons. The molecule has 0 radical (unpaired) electrons. The van der Waals surface area contributed by atoms with Crippen molar-refractivity contribution in [2.45, 2.75) is 0 Å². The molecule has 4 heterocycles. The number of para-hydroxylation sites is 4. The molecule has 0 fully saturated rings. The topological polar surface area (TPSA) is 47.1 Å². The minimum absolute atomic E-state index is 0.650. The predicted molar refractivity (Wildman–Crippen MR) is 191 cm³/mol. The van der Waals surface area contributed by atoms with Crippen molar-refractivity contribution in [1.29, 1.82) is 0 Å². The van der Waals surface area contributed by atoms with Gasteiger partial charge in [0, 0.05) is 38.7 Å². The van der Waals surface area contributed by atoms with Crippen LogP contribution in [-0.4, -0.2) is 14.5 Å². The molecule has 5 heteroatoms. The van der Waals surface area contributed by atoms with Crippen LogP contribution >= 0.6 is 0 Å². The highest BCUT2D eigenvalue weighted by molar-refractivity contribution is 6.07. The summed E-state index contributed by atoms with van der Waals surface area (Å²) < 4.78 is 8.74. The number of nitrogens with zero attached hydrogens (tertiary/aromatic N) is 4. The number of hydrogen-bond acceptors (Lipinski definition) is 4. The second-order valence-corrected chi connectivity index (χ2v) is 11.9. The van der Waals surface area contributed by atoms with E-state index in [4.69, 9.17) is 14.4 Å². The predicted octanol–water partition coefficient (Wildman–Crippen LogP) is 11.1. The van der Waals surface area contributed by atoms with E-state index in [1.165, 1.54) is 16.5 Å². The molecule has 0 unspecified atom stereocenters. The van der Waals surface area contributed by atoms with Gasteiger partial charge < -0.3 is 4.42 Å². The van der Waals surface area contributed by atoms with Crippen LogP contribution in [-0.2, 0) is 0 Å². The fraction of sp³-hybridized carbons (Fsp3) is 0. The highest BCUT2D eigenvalue weighted by Gasteiger charge is 2.28. The quantitative estimate of drug-likeness (QED) is 0.202. The number of hydrogen-bond donors (Lipinski definition) is 0. The lowest BCUT2D eigenvalue weighted by Crippen LogP contribution is -2.13. The lowest BCUT2D eigenvalue weighted by molar-refractivity contribution is 0.667. The third-order valence-corrected chi connectivity index (χ3v) is 9.13. The zero-order valence-corrected chi connectivity index (χ0v) is 25.2. The van der Waals surface area contributed by atoms with E-state index in [0.29, 0.717) is 11.4 Å². The van der Waals surface area contributed by atoms with Gasteiger partial charge in [-0.2, -0.15) is 0 Å². The van der Waals surface area contributed by atoms with Crippen molar-refractivity contribution in [2.75, 3.05) is 4.90 Å². The average molecular weight is 603 g/mol. The van der Waals surface area contributed by atoms with Crippen LogP contribution in [0.1, 0.15) is 0 Å². The van der Waals surface area contributed by atoms with Gasteiger partial charge in [0.05, 0.1) is 16.9 Å². The molecule has 9 aromatic rings. The third-order valence-electron chi connectivity index (χ3n) is 9.13. The Labute approximate surface area is 270 Å². The fourth-order valence-corrected chi connectivity index (χ4v) is 7.04. The maximum atomic E-state index is 6.36. The minimum Gasteiger partial charge on any atom is -0.452 e. The third kappa shape index (κ3) is 3.90. The Hall–Kier alpha value is -6.46. The molecule has 6 aromatic carbocycles. The zero-order chi connectivity index (χ0) is 30.9. The summed E-state index contributed by atoms with van der Waals surface area (Å²) in [6.45, 7) is 0. The highest BCUT2D eigenvalue weighted by Crippen LogP contribution is 2.49. The summed E-state index contributed by atoms with van der Waals surface area (Å²) in [6, 6.07) is 55.0. The molecule has 3 aromatic heterocycles. The monoisotopic (exact) mass is 602 g/mol. The molecular formula is C42H26N4O. The summed E-state index contributed by atoms with van der Waals surface area (Å²) in [4.78, 5) is 12.7. The van der Waals surface area contributed by atoms with Gasteiger partial charge in [-0.25, -0.2) is 9.97 Å². The van der Waals surface area contributed by atoms with Gasteiger partial charge in [0.25, 0.3) is 0 Å². The standard InChI is InChI=1S/C42H26N4O/c1-2-13-27(14-3-1)39-41-40(33-20-7-11-24-37(33)47-41)44-42(43-39)29-16-12-17-30(25-29)45-35-22-9-5-18-31(35)32-19-6-10-23-36(32)46-34-21-8-4-15-28(34)26-38(45)46/h1-26H. The van der Waals surface area contributed by atoms with Crippen LogP contribution < -0.4 is 4.90 Å². The molecule has 1 aliphatic heterocycles. The molecule has 0 saturated heterocycles. The lowest BCUT2D eigenvalue weighted by Gasteiger charge is -2.26. The number of anilines is 3. The molecule has 1 aliphatic rings. The van der Waals surface area contributed by atoms with Gasteiger partial charge >= 0.3 is 0 Å². The van der Waals surface area contributed by atoms with Crippen LogP contribution in [0.2, 0.25) is 0 Å². The van der Waals surface area contributed by atoms with Crippen LogP contribution in [0, 0.1) is 0 Å². The van der Waals surface area contributed by atoms with Crippen molar-refractivity contribution < 1.29 is 4.42 Å². The minimum atomic E-state index is 0.650. The Kier molecular flexibility index (Phi) is 5.51. The van der Waals surface area contributed by atoms with E-state index in [1.807, 2.05) is 36.4 Å². The maximum absolute atomic E-state index is 6.36. The molecule has 10 rings (SSSR count). The first-order valence-electron chi connectivity index (χ1n) is 15.8. The Morgan fingerprint density at radius 1 is 0.532 bits per heavy atom. The van der Waals surface area contributed by atoms with Gasteiger partial charge in [-0.1, -0.05) is 109 Å². The summed E-state index contributed by atoms with van der Waals surface area (Å²) in [6.07, 6.45) is 0. The van der Waals surface area contributed by atoms with E-state index in [2.05, 4.69) is 131 Å². The average Bonchev–Trinajstić information content (AvgIpc) is 3.67. The van der Waals surface area contributed by atoms with Gasteiger partial charge in [0.2, 0.25) is 0 Å².